The molecule has 1 saturated carbocycles. The van der Waals surface area contributed by atoms with Crippen molar-refractivity contribution >= 4 is 5.97 Å². The minimum Gasteiger partial charge on any atom is -0.469 e. The second-order valence-corrected chi connectivity index (χ2v) is 9.41. The van der Waals surface area contributed by atoms with Gasteiger partial charge in [-0.25, -0.2) is 0 Å². The van der Waals surface area contributed by atoms with Crippen molar-refractivity contribution in [2.24, 2.45) is 17.3 Å². The topological polar surface area (TPSA) is 65.0 Å². The number of unbranched alkanes of at least 4 members (excludes halogenated alkanes) is 2. The van der Waals surface area contributed by atoms with Gasteiger partial charge in [0.1, 0.15) is 0 Å². The summed E-state index contributed by atoms with van der Waals surface area (Å²) in [5.74, 6) is 0.546. The van der Waals surface area contributed by atoms with Crippen molar-refractivity contribution < 1.29 is 24.1 Å². The summed E-state index contributed by atoms with van der Waals surface area (Å²) in [5.41, 5.74) is -0.111. The Labute approximate surface area is 182 Å². The average Bonchev–Trinajstić information content (AvgIpc) is 3.10. The van der Waals surface area contributed by atoms with Crippen LogP contribution in [0.15, 0.2) is 24.3 Å². The van der Waals surface area contributed by atoms with Crippen LogP contribution in [0.4, 0.5) is 0 Å². The third-order valence-electron chi connectivity index (χ3n) is 6.64. The lowest BCUT2D eigenvalue weighted by Crippen LogP contribution is -2.37. The number of allylic oxidation sites excluding steroid dienone is 3. The molecule has 2 aliphatic rings. The largest absolute Gasteiger partial charge is 0.469 e. The lowest BCUT2D eigenvalue weighted by Gasteiger charge is -2.30. The van der Waals surface area contributed by atoms with E-state index in [9.17, 15) is 9.90 Å². The van der Waals surface area contributed by atoms with Gasteiger partial charge in [0.15, 0.2) is 0 Å². The van der Waals surface area contributed by atoms with Gasteiger partial charge in [-0.2, -0.15) is 0 Å². The summed E-state index contributed by atoms with van der Waals surface area (Å²) >= 11 is 0. The zero-order valence-electron chi connectivity index (χ0n) is 19.3. The number of aliphatic hydroxyl groups excluding tert-OH is 1. The van der Waals surface area contributed by atoms with E-state index in [0.29, 0.717) is 31.5 Å². The van der Waals surface area contributed by atoms with Gasteiger partial charge in [0, 0.05) is 6.42 Å². The molecule has 5 atom stereocenters. The number of fused-ring (bicyclic) bond motifs is 1. The van der Waals surface area contributed by atoms with Crippen LogP contribution in [0.1, 0.15) is 72.1 Å². The van der Waals surface area contributed by atoms with Crippen LogP contribution in [-0.2, 0) is 19.0 Å². The van der Waals surface area contributed by atoms with Crippen molar-refractivity contribution in [3.05, 3.63) is 24.3 Å². The highest BCUT2D eigenvalue weighted by molar-refractivity contribution is 5.69. The molecule has 30 heavy (non-hydrogen) atoms. The molecule has 1 saturated heterocycles. The summed E-state index contributed by atoms with van der Waals surface area (Å²) in [4.78, 5) is 11.2. The van der Waals surface area contributed by atoms with Crippen LogP contribution in [-0.4, -0.2) is 49.7 Å². The maximum atomic E-state index is 11.2. The van der Waals surface area contributed by atoms with Gasteiger partial charge in [-0.3, -0.25) is 4.79 Å². The van der Waals surface area contributed by atoms with Crippen molar-refractivity contribution in [1.29, 1.82) is 0 Å². The molecule has 0 spiro atoms. The summed E-state index contributed by atoms with van der Waals surface area (Å²) in [7, 11) is 1.43. The molecule has 2 rings (SSSR count). The van der Waals surface area contributed by atoms with Crippen molar-refractivity contribution in [3.63, 3.8) is 0 Å². The first-order chi connectivity index (χ1) is 14.4. The molecule has 5 nitrogen and oxygen atoms in total. The Morgan fingerprint density at radius 3 is 2.73 bits per heavy atom. The fourth-order valence-electron chi connectivity index (χ4n) is 4.53. The van der Waals surface area contributed by atoms with E-state index in [1.807, 2.05) is 6.08 Å². The summed E-state index contributed by atoms with van der Waals surface area (Å²) in [6, 6.07) is 0. The Bertz CT molecular complexity index is 568. The Morgan fingerprint density at radius 2 is 2.00 bits per heavy atom. The average molecular weight is 423 g/mol. The Morgan fingerprint density at radius 1 is 1.23 bits per heavy atom. The molecular weight excluding hydrogens is 380 g/mol. The van der Waals surface area contributed by atoms with E-state index < -0.39 is 6.10 Å². The summed E-state index contributed by atoms with van der Waals surface area (Å²) < 4.78 is 16.7. The number of rotatable bonds is 12. The van der Waals surface area contributed by atoms with E-state index in [2.05, 4.69) is 43.7 Å². The molecule has 0 radical (unpaired) electrons. The third kappa shape index (κ3) is 7.51. The highest BCUT2D eigenvalue weighted by Crippen LogP contribution is 2.41. The predicted molar refractivity (Wildman–Crippen MR) is 119 cm³/mol. The molecule has 1 heterocycles. The van der Waals surface area contributed by atoms with Gasteiger partial charge < -0.3 is 19.3 Å². The van der Waals surface area contributed by atoms with Crippen LogP contribution in [0, 0.1) is 17.3 Å². The SMILES string of the molecule is CCCCC(C)(C)C(O)/C=C\C1CC2OCCOC2C1C/C=C/CCCC(=O)OC. The van der Waals surface area contributed by atoms with Crippen LogP contribution in [0.3, 0.4) is 0 Å². The maximum absolute atomic E-state index is 11.2. The number of ether oxygens (including phenoxy) is 3. The van der Waals surface area contributed by atoms with Crippen LogP contribution in [0.2, 0.25) is 0 Å². The number of hydrogen-bond donors (Lipinski definition) is 1. The van der Waals surface area contributed by atoms with E-state index in [4.69, 9.17) is 9.47 Å². The minimum atomic E-state index is -0.442. The first-order valence-corrected chi connectivity index (χ1v) is 11.7. The molecular formula is C25H42O5. The molecule has 5 heteroatoms. The van der Waals surface area contributed by atoms with Gasteiger partial charge in [-0.05, 0) is 49.4 Å². The standard InChI is InChI=1S/C25H42O5/c1-5-6-15-25(2,3)22(26)14-13-19-18-21-24(30-17-16-29-21)20(19)11-9-7-8-10-12-23(27)28-4/h7,9,13-14,19-22,24,26H,5-6,8,10-12,15-18H2,1-4H3/b9-7+,14-13-. The van der Waals surface area contributed by atoms with E-state index in [1.54, 1.807) is 0 Å². The summed E-state index contributed by atoms with van der Waals surface area (Å²) in [5, 5.41) is 10.7. The van der Waals surface area contributed by atoms with Gasteiger partial charge in [-0.15, -0.1) is 0 Å². The van der Waals surface area contributed by atoms with E-state index in [-0.39, 0.29) is 23.6 Å². The monoisotopic (exact) mass is 422 g/mol. The molecule has 0 amide bonds. The maximum Gasteiger partial charge on any atom is 0.305 e. The molecule has 172 valence electrons. The minimum absolute atomic E-state index is 0.111. The van der Waals surface area contributed by atoms with Crippen molar-refractivity contribution in [3.8, 4) is 0 Å². The van der Waals surface area contributed by atoms with Crippen LogP contribution < -0.4 is 0 Å². The number of aliphatic hydroxyl groups is 1. The van der Waals surface area contributed by atoms with E-state index in [1.165, 1.54) is 7.11 Å². The van der Waals surface area contributed by atoms with Gasteiger partial charge >= 0.3 is 5.97 Å². The number of esters is 1. The van der Waals surface area contributed by atoms with Crippen molar-refractivity contribution in [1.82, 2.24) is 0 Å². The lowest BCUT2D eigenvalue weighted by atomic mass is 9.80. The Balaban J connectivity index is 1.94. The van der Waals surface area contributed by atoms with Gasteiger partial charge in [0.25, 0.3) is 0 Å². The fraction of sp³-hybridized carbons (Fsp3) is 0.800. The third-order valence-corrected chi connectivity index (χ3v) is 6.64. The number of carbonyl (C=O) groups is 1. The summed E-state index contributed by atoms with van der Waals surface area (Å²) in [6.07, 6.45) is 15.7. The molecule has 0 aromatic carbocycles. The van der Waals surface area contributed by atoms with Crippen LogP contribution in [0.5, 0.6) is 0 Å². The Kier molecular flexibility index (Phi) is 10.6. The molecule has 1 aliphatic carbocycles. The zero-order chi connectivity index (χ0) is 22.0. The van der Waals surface area contributed by atoms with E-state index >= 15 is 0 Å². The fourth-order valence-corrected chi connectivity index (χ4v) is 4.53. The number of hydrogen-bond acceptors (Lipinski definition) is 5. The molecule has 5 unspecified atom stereocenters. The highest BCUT2D eigenvalue weighted by atomic mass is 16.6. The van der Waals surface area contributed by atoms with Gasteiger partial charge in [0.2, 0.25) is 0 Å². The normalized spacial score (nSPS) is 28.2. The first-order valence-electron chi connectivity index (χ1n) is 11.7. The van der Waals surface area contributed by atoms with Crippen LogP contribution in [0.25, 0.3) is 0 Å². The predicted octanol–water partition coefficient (Wildman–Crippen LogP) is 4.83. The molecule has 1 N–H and O–H groups in total. The zero-order valence-corrected chi connectivity index (χ0v) is 19.3. The first kappa shape index (κ1) is 25.1. The Hall–Kier alpha value is -1.17. The number of carbonyl (C=O) groups excluding carboxylic acids is 1. The second kappa shape index (κ2) is 12.6. The molecule has 0 aromatic heterocycles. The van der Waals surface area contributed by atoms with Gasteiger partial charge in [0.05, 0.1) is 38.6 Å². The lowest BCUT2D eigenvalue weighted by molar-refractivity contribution is -0.140. The molecule has 2 fully saturated rings. The highest BCUT2D eigenvalue weighted by Gasteiger charge is 2.44. The summed E-state index contributed by atoms with van der Waals surface area (Å²) in [6.45, 7) is 7.80. The molecule has 0 bridgehead atoms. The van der Waals surface area contributed by atoms with Crippen molar-refractivity contribution in [2.75, 3.05) is 20.3 Å². The molecule has 0 aromatic rings. The molecule has 1 aliphatic heterocycles. The smallest absolute Gasteiger partial charge is 0.305 e. The van der Waals surface area contributed by atoms with E-state index in [0.717, 1.165) is 44.9 Å². The quantitative estimate of drug-likeness (QED) is 0.277. The van der Waals surface area contributed by atoms with Crippen LogP contribution >= 0.6 is 0 Å². The van der Waals surface area contributed by atoms with Crippen molar-refractivity contribution in [2.45, 2.75) is 90.4 Å². The second-order valence-electron chi connectivity index (χ2n) is 9.41. The van der Waals surface area contributed by atoms with Gasteiger partial charge in [-0.1, -0.05) is 57.9 Å². The number of methoxy groups -OCH3 is 1.